The summed E-state index contributed by atoms with van der Waals surface area (Å²) < 4.78 is 0. The van der Waals surface area contributed by atoms with Crippen LogP contribution < -0.4 is 0 Å². The van der Waals surface area contributed by atoms with Crippen molar-refractivity contribution in [2.24, 2.45) is 0 Å². The van der Waals surface area contributed by atoms with Gasteiger partial charge in [0, 0.05) is 29.3 Å². The number of rotatable bonds is 4. The minimum Gasteiger partial charge on any atom is -0.309 e. The molecule has 0 aliphatic heterocycles. The zero-order valence-electron chi connectivity index (χ0n) is 13.0. The molecule has 6 heteroatoms. The second-order valence-corrected chi connectivity index (χ2v) is 6.12. The topological polar surface area (TPSA) is 46.4 Å². The first-order valence-electron chi connectivity index (χ1n) is 6.88. The van der Waals surface area contributed by atoms with Crippen molar-refractivity contribution >= 4 is 16.3 Å². The summed E-state index contributed by atoms with van der Waals surface area (Å²) in [6.45, 7) is 0.841. The van der Waals surface area contributed by atoms with Crippen LogP contribution in [0, 0.1) is 73.3 Å². The third-order valence-electron chi connectivity index (χ3n) is 2.99. The fourth-order valence-corrected chi connectivity index (χ4v) is 2.95. The van der Waals surface area contributed by atoms with Crippen LogP contribution in [0.1, 0.15) is 4.88 Å². The maximum absolute atomic E-state index is 10.7. The van der Waals surface area contributed by atoms with Crippen LogP contribution in [0.25, 0.3) is 0 Å². The largest absolute Gasteiger partial charge is 2.00 e. The van der Waals surface area contributed by atoms with Crippen molar-refractivity contribution in [3.63, 3.8) is 0 Å². The molecule has 0 atom stereocenters. The van der Waals surface area contributed by atoms with Gasteiger partial charge >= 0.3 is 22.1 Å². The van der Waals surface area contributed by atoms with Crippen molar-refractivity contribution in [2.75, 3.05) is 20.6 Å². The second kappa shape index (κ2) is 10.4. The molecule has 0 amide bonds. The van der Waals surface area contributed by atoms with Gasteiger partial charge < -0.3 is 4.90 Å². The van der Waals surface area contributed by atoms with Gasteiger partial charge in [0.15, 0.2) is 0 Å². The maximum atomic E-state index is 10.7. The summed E-state index contributed by atoms with van der Waals surface area (Å²) in [6, 6.07) is 3.38. The fraction of sp³-hybridized carbons (Fsp3) is 0.176. The zero-order valence-corrected chi connectivity index (χ0v) is 14.9. The molecule has 1 heterocycles. The SMILES string of the molecule is CN(C)C[C]1[CH][CH][CH][C]1c1ccc([N+](=O)[O-])s1.[CH]1[CH][CH][CH][CH]1.[Fe+2]. The Morgan fingerprint density at radius 3 is 2.13 bits per heavy atom. The van der Waals surface area contributed by atoms with Crippen LogP contribution in [0.3, 0.4) is 0 Å². The quantitative estimate of drug-likeness (QED) is 0.464. The Bertz CT molecular complexity index is 467. The van der Waals surface area contributed by atoms with E-state index in [9.17, 15) is 10.1 Å². The summed E-state index contributed by atoms with van der Waals surface area (Å²) in [6.07, 6.45) is 16.1. The van der Waals surface area contributed by atoms with Crippen LogP contribution in [0.4, 0.5) is 5.00 Å². The molecule has 0 saturated heterocycles. The molecule has 0 N–H and O–H groups in total. The molecule has 3 rings (SSSR count). The third-order valence-corrected chi connectivity index (χ3v) is 4.06. The van der Waals surface area contributed by atoms with Crippen LogP contribution in [-0.2, 0) is 17.1 Å². The predicted octanol–water partition coefficient (Wildman–Crippen LogP) is 3.36. The molecule has 120 valence electrons. The summed E-state index contributed by atoms with van der Waals surface area (Å²) in [5, 5.41) is 10.8. The Hall–Kier alpha value is -0.421. The van der Waals surface area contributed by atoms with Gasteiger partial charge in [-0.05, 0) is 71.5 Å². The predicted molar refractivity (Wildman–Crippen MR) is 89.5 cm³/mol. The van der Waals surface area contributed by atoms with Crippen LogP contribution in [0.2, 0.25) is 0 Å². The minimum atomic E-state index is -0.345. The smallest absolute Gasteiger partial charge is 0.309 e. The van der Waals surface area contributed by atoms with Crippen LogP contribution in [0.5, 0.6) is 0 Å². The van der Waals surface area contributed by atoms with Crippen molar-refractivity contribution in [3.8, 4) is 0 Å². The van der Waals surface area contributed by atoms with Crippen LogP contribution in [0.15, 0.2) is 12.1 Å². The number of hydrogen-bond acceptors (Lipinski definition) is 4. The van der Waals surface area contributed by atoms with E-state index in [-0.39, 0.29) is 27.0 Å². The van der Waals surface area contributed by atoms with Crippen molar-refractivity contribution in [2.45, 2.75) is 0 Å². The number of hydrogen-bond donors (Lipinski definition) is 0. The first-order chi connectivity index (χ1) is 10.6. The third kappa shape index (κ3) is 6.53. The summed E-state index contributed by atoms with van der Waals surface area (Å²) in [4.78, 5) is 13.4. The maximum Gasteiger partial charge on any atom is 2.00 e. The van der Waals surface area contributed by atoms with E-state index in [0.717, 1.165) is 17.3 Å². The minimum absolute atomic E-state index is 0. The molecule has 2 aliphatic carbocycles. The zero-order chi connectivity index (χ0) is 15.9. The second-order valence-electron chi connectivity index (χ2n) is 5.06. The van der Waals surface area contributed by atoms with Gasteiger partial charge in [0.1, 0.15) is 0 Å². The first-order valence-corrected chi connectivity index (χ1v) is 7.70. The van der Waals surface area contributed by atoms with E-state index < -0.39 is 0 Å². The normalized spacial score (nSPS) is 18.6. The van der Waals surface area contributed by atoms with Crippen LogP contribution >= 0.6 is 11.3 Å². The molecule has 2 fully saturated rings. The standard InChI is InChI=1S/C12H13N2O2S.C5H5.Fe/c1-13(2)8-9-4-3-5-10(9)11-6-7-12(17-11)14(15)16;1-2-4-5-3-1;/h3-7H,8H2,1-2H3;1-5H;/q;;+2. The molecule has 2 saturated carbocycles. The molecule has 1 aromatic rings. The molecule has 4 nitrogen and oxygen atoms in total. The van der Waals surface area contributed by atoms with E-state index in [1.54, 1.807) is 6.07 Å². The van der Waals surface area contributed by atoms with E-state index in [1.807, 2.05) is 65.1 Å². The van der Waals surface area contributed by atoms with Crippen molar-refractivity contribution in [1.29, 1.82) is 0 Å². The van der Waals surface area contributed by atoms with Gasteiger partial charge in [-0.15, -0.1) is 0 Å². The van der Waals surface area contributed by atoms with Gasteiger partial charge in [0.2, 0.25) is 0 Å². The summed E-state index contributed by atoms with van der Waals surface area (Å²) in [5.74, 6) is 2.29. The monoisotopic (exact) mass is 370 g/mol. The average Bonchev–Trinajstić information content (AvgIpc) is 3.21. The van der Waals surface area contributed by atoms with Gasteiger partial charge in [0.25, 0.3) is 0 Å². The molecule has 0 bridgehead atoms. The number of nitro groups is 1. The van der Waals surface area contributed by atoms with E-state index in [0.29, 0.717) is 0 Å². The Morgan fingerprint density at radius 2 is 1.65 bits per heavy atom. The molecular formula is C17H18FeN2O2S+2. The molecule has 2 aliphatic rings. The summed E-state index contributed by atoms with van der Waals surface area (Å²) in [7, 11) is 4.02. The average molecular weight is 370 g/mol. The molecule has 10 radical (unpaired) electrons. The summed E-state index contributed by atoms with van der Waals surface area (Å²) in [5.41, 5.74) is 0. The van der Waals surface area contributed by atoms with Gasteiger partial charge in [-0.3, -0.25) is 10.1 Å². The molecule has 0 aromatic carbocycles. The Morgan fingerprint density at radius 1 is 1.04 bits per heavy atom. The molecular weight excluding hydrogens is 352 g/mol. The van der Waals surface area contributed by atoms with Gasteiger partial charge in [-0.1, -0.05) is 11.3 Å². The van der Waals surface area contributed by atoms with Gasteiger partial charge in [-0.25, -0.2) is 0 Å². The van der Waals surface area contributed by atoms with Gasteiger partial charge in [0.05, 0.1) is 4.92 Å². The molecule has 23 heavy (non-hydrogen) atoms. The van der Waals surface area contributed by atoms with E-state index in [2.05, 4.69) is 11.3 Å². The van der Waals surface area contributed by atoms with Crippen molar-refractivity contribution in [1.82, 2.24) is 4.90 Å². The van der Waals surface area contributed by atoms with Crippen LogP contribution in [-0.4, -0.2) is 30.5 Å². The summed E-state index contributed by atoms with van der Waals surface area (Å²) >= 11 is 1.22. The van der Waals surface area contributed by atoms with Crippen molar-refractivity contribution in [3.05, 3.63) is 90.3 Å². The molecule has 1 aromatic heterocycles. The van der Waals surface area contributed by atoms with Crippen molar-refractivity contribution < 1.29 is 22.0 Å². The van der Waals surface area contributed by atoms with E-state index in [1.165, 1.54) is 17.3 Å². The van der Waals surface area contributed by atoms with E-state index in [4.69, 9.17) is 0 Å². The molecule has 0 unspecified atom stereocenters. The first kappa shape index (κ1) is 20.6. The Labute approximate surface area is 154 Å². The van der Waals surface area contributed by atoms with E-state index >= 15 is 0 Å². The number of thiophene rings is 1. The Kier molecular flexibility index (Phi) is 9.37. The fourth-order valence-electron chi connectivity index (χ4n) is 2.07. The van der Waals surface area contributed by atoms with Gasteiger partial charge in [-0.2, -0.15) is 0 Å². The Balaban J connectivity index is 0.000000377. The number of nitrogens with zero attached hydrogens (tertiary/aromatic N) is 2. The molecule has 0 spiro atoms.